The Morgan fingerprint density at radius 2 is 1.45 bits per heavy atom. The summed E-state index contributed by atoms with van der Waals surface area (Å²) in [5.41, 5.74) is 5.47. The summed E-state index contributed by atoms with van der Waals surface area (Å²) in [6.07, 6.45) is 2.05. The maximum absolute atomic E-state index is 14.0. The highest BCUT2D eigenvalue weighted by molar-refractivity contribution is 5.65. The van der Waals surface area contributed by atoms with Crippen molar-refractivity contribution in [1.29, 1.82) is 0 Å². The van der Waals surface area contributed by atoms with Crippen LogP contribution in [0.5, 0.6) is 0 Å². The second-order valence-corrected chi connectivity index (χ2v) is 5.03. The zero-order valence-corrected chi connectivity index (χ0v) is 12.5. The minimum absolute atomic E-state index is 0.144. The van der Waals surface area contributed by atoms with Crippen LogP contribution in [0.1, 0.15) is 30.5 Å². The first-order valence-electron chi connectivity index (χ1n) is 7.24. The summed E-state index contributed by atoms with van der Waals surface area (Å²) in [7, 11) is 1.82. The molecule has 0 bridgehead atoms. The summed E-state index contributed by atoms with van der Waals surface area (Å²) >= 11 is 0. The van der Waals surface area contributed by atoms with Gasteiger partial charge in [0, 0.05) is 12.1 Å². The lowest BCUT2D eigenvalue weighted by Gasteiger charge is -2.10. The van der Waals surface area contributed by atoms with Gasteiger partial charge in [0.05, 0.1) is 0 Å². The molecule has 0 aliphatic rings. The van der Waals surface area contributed by atoms with E-state index in [2.05, 4.69) is 37.4 Å². The van der Waals surface area contributed by atoms with Gasteiger partial charge >= 0.3 is 0 Å². The van der Waals surface area contributed by atoms with Crippen LogP contribution in [0.2, 0.25) is 0 Å². The molecule has 2 rings (SSSR count). The quantitative estimate of drug-likeness (QED) is 0.853. The van der Waals surface area contributed by atoms with Gasteiger partial charge in [-0.2, -0.15) is 0 Å². The molecule has 0 saturated heterocycles. The van der Waals surface area contributed by atoms with Crippen LogP contribution in [0.15, 0.2) is 36.4 Å². The molecule has 1 N–H and O–H groups in total. The smallest absolute Gasteiger partial charge is 0.128 e. The minimum Gasteiger partial charge on any atom is -0.316 e. The van der Waals surface area contributed by atoms with E-state index in [1.54, 1.807) is 6.07 Å². The van der Waals surface area contributed by atoms with Crippen molar-refractivity contribution in [3.05, 3.63) is 58.9 Å². The first-order chi connectivity index (χ1) is 9.69. The van der Waals surface area contributed by atoms with Crippen LogP contribution in [0.3, 0.4) is 0 Å². The predicted octanol–water partition coefficient (Wildman–Crippen LogP) is 4.34. The normalized spacial score (nSPS) is 10.8. The van der Waals surface area contributed by atoms with E-state index >= 15 is 0 Å². The van der Waals surface area contributed by atoms with Crippen molar-refractivity contribution in [2.75, 3.05) is 7.05 Å². The van der Waals surface area contributed by atoms with Crippen LogP contribution in [0.25, 0.3) is 11.1 Å². The Balaban J connectivity index is 2.38. The molecule has 1 nitrogen and oxygen atoms in total. The molecule has 106 valence electrons. The third-order valence-electron chi connectivity index (χ3n) is 3.72. The molecule has 0 heterocycles. The molecule has 0 atom stereocenters. The Morgan fingerprint density at radius 3 is 2.00 bits per heavy atom. The molecule has 2 aromatic carbocycles. The maximum Gasteiger partial charge on any atom is 0.128 e. The zero-order chi connectivity index (χ0) is 14.5. The molecule has 0 unspecified atom stereocenters. The van der Waals surface area contributed by atoms with Crippen molar-refractivity contribution in [3.63, 3.8) is 0 Å². The van der Waals surface area contributed by atoms with Crippen LogP contribution in [0, 0.1) is 5.82 Å². The number of rotatable bonds is 5. The molecule has 2 aromatic rings. The summed E-state index contributed by atoms with van der Waals surface area (Å²) in [6, 6.07) is 11.9. The van der Waals surface area contributed by atoms with Crippen molar-refractivity contribution >= 4 is 0 Å². The SMILES string of the molecule is CCc1ccc(-c2ccc(CNC)c(F)c2)cc1CC. The van der Waals surface area contributed by atoms with Gasteiger partial charge in [0.15, 0.2) is 0 Å². The third-order valence-corrected chi connectivity index (χ3v) is 3.72. The fraction of sp³-hybridized carbons (Fsp3) is 0.333. The molecule has 0 amide bonds. The van der Waals surface area contributed by atoms with Crippen LogP contribution < -0.4 is 5.32 Å². The summed E-state index contributed by atoms with van der Waals surface area (Å²) in [4.78, 5) is 0. The second-order valence-electron chi connectivity index (χ2n) is 5.03. The summed E-state index contributed by atoms with van der Waals surface area (Å²) < 4.78 is 14.0. The first-order valence-corrected chi connectivity index (χ1v) is 7.24. The Labute approximate surface area is 120 Å². The molecular weight excluding hydrogens is 249 g/mol. The molecule has 2 heteroatoms. The van der Waals surface area contributed by atoms with Gasteiger partial charge in [-0.15, -0.1) is 0 Å². The Morgan fingerprint density at radius 1 is 0.850 bits per heavy atom. The fourth-order valence-corrected chi connectivity index (χ4v) is 2.54. The molecule has 0 aliphatic carbocycles. The van der Waals surface area contributed by atoms with Gasteiger partial charge in [-0.05, 0) is 48.2 Å². The van der Waals surface area contributed by atoms with Gasteiger partial charge in [0.1, 0.15) is 5.82 Å². The van der Waals surface area contributed by atoms with Crippen molar-refractivity contribution in [3.8, 4) is 11.1 Å². The average Bonchev–Trinajstić information content (AvgIpc) is 2.48. The minimum atomic E-state index is -0.144. The molecule has 0 aromatic heterocycles. The van der Waals surface area contributed by atoms with Crippen LogP contribution in [-0.2, 0) is 19.4 Å². The van der Waals surface area contributed by atoms with E-state index in [4.69, 9.17) is 0 Å². The maximum atomic E-state index is 14.0. The fourth-order valence-electron chi connectivity index (χ4n) is 2.54. The van der Waals surface area contributed by atoms with Gasteiger partial charge in [-0.25, -0.2) is 4.39 Å². The molecule has 0 radical (unpaired) electrons. The third kappa shape index (κ3) is 3.07. The van der Waals surface area contributed by atoms with E-state index in [1.807, 2.05) is 19.2 Å². The van der Waals surface area contributed by atoms with E-state index < -0.39 is 0 Å². The van der Waals surface area contributed by atoms with Crippen molar-refractivity contribution in [1.82, 2.24) is 5.32 Å². The van der Waals surface area contributed by atoms with Crippen LogP contribution in [0.4, 0.5) is 4.39 Å². The van der Waals surface area contributed by atoms with Crippen molar-refractivity contribution in [2.45, 2.75) is 33.2 Å². The molecular formula is C18H22FN. The van der Waals surface area contributed by atoms with Gasteiger partial charge < -0.3 is 5.32 Å². The molecule has 0 saturated carbocycles. The van der Waals surface area contributed by atoms with Gasteiger partial charge in [-0.1, -0.05) is 44.2 Å². The number of halogens is 1. The van der Waals surface area contributed by atoms with Crippen LogP contribution in [-0.4, -0.2) is 7.05 Å². The summed E-state index contributed by atoms with van der Waals surface area (Å²) in [5, 5.41) is 2.98. The Bertz CT molecular complexity index is 590. The largest absolute Gasteiger partial charge is 0.316 e. The van der Waals surface area contributed by atoms with E-state index in [-0.39, 0.29) is 5.82 Å². The predicted molar refractivity (Wildman–Crippen MR) is 83.4 cm³/mol. The lowest BCUT2D eigenvalue weighted by atomic mass is 9.96. The number of hydrogen-bond acceptors (Lipinski definition) is 1. The lowest BCUT2D eigenvalue weighted by Crippen LogP contribution is -2.06. The number of benzene rings is 2. The highest BCUT2D eigenvalue weighted by Gasteiger charge is 2.07. The Hall–Kier alpha value is -1.67. The standard InChI is InChI=1S/C18H22FN/c1-4-13-6-7-15(10-14(13)5-2)16-8-9-17(12-20-3)18(19)11-16/h6-11,20H,4-5,12H2,1-3H3. The van der Waals surface area contributed by atoms with E-state index in [0.717, 1.165) is 24.0 Å². The van der Waals surface area contributed by atoms with E-state index in [9.17, 15) is 4.39 Å². The molecule has 0 spiro atoms. The van der Waals surface area contributed by atoms with E-state index in [1.165, 1.54) is 11.1 Å². The van der Waals surface area contributed by atoms with Gasteiger partial charge in [0.2, 0.25) is 0 Å². The number of nitrogens with one attached hydrogen (secondary N) is 1. The van der Waals surface area contributed by atoms with Crippen LogP contribution >= 0.6 is 0 Å². The highest BCUT2D eigenvalue weighted by atomic mass is 19.1. The Kier molecular flexibility index (Phi) is 4.91. The lowest BCUT2D eigenvalue weighted by molar-refractivity contribution is 0.601. The molecule has 20 heavy (non-hydrogen) atoms. The number of hydrogen-bond donors (Lipinski definition) is 1. The summed E-state index contributed by atoms with van der Waals surface area (Å²) in [6.45, 7) is 4.89. The van der Waals surface area contributed by atoms with Gasteiger partial charge in [0.25, 0.3) is 0 Å². The average molecular weight is 271 g/mol. The first kappa shape index (κ1) is 14.7. The van der Waals surface area contributed by atoms with Crippen molar-refractivity contribution < 1.29 is 4.39 Å². The molecule has 0 fully saturated rings. The topological polar surface area (TPSA) is 12.0 Å². The zero-order valence-electron chi connectivity index (χ0n) is 12.5. The highest BCUT2D eigenvalue weighted by Crippen LogP contribution is 2.25. The van der Waals surface area contributed by atoms with Gasteiger partial charge in [-0.3, -0.25) is 0 Å². The second kappa shape index (κ2) is 6.67. The van der Waals surface area contributed by atoms with E-state index in [0.29, 0.717) is 12.1 Å². The summed E-state index contributed by atoms with van der Waals surface area (Å²) in [5.74, 6) is -0.144. The molecule has 0 aliphatic heterocycles. The monoisotopic (exact) mass is 271 g/mol. The van der Waals surface area contributed by atoms with Crippen molar-refractivity contribution in [2.24, 2.45) is 0 Å². The number of aryl methyl sites for hydroxylation is 2.